The Kier molecular flexibility index (Phi) is 5.07. The first-order valence-electron chi connectivity index (χ1n) is 6.54. The maximum atomic E-state index is 12.1. The van der Waals surface area contributed by atoms with Crippen molar-refractivity contribution in [3.63, 3.8) is 0 Å². The van der Waals surface area contributed by atoms with Gasteiger partial charge in [-0.1, -0.05) is 30.0 Å². The maximum Gasteiger partial charge on any atom is 0.244 e. The Labute approximate surface area is 123 Å². The zero-order chi connectivity index (χ0) is 15.1. The number of hydrogen-bond donors (Lipinski definition) is 1. The Bertz CT molecular complexity index is 654. The first kappa shape index (κ1) is 14.8. The summed E-state index contributed by atoms with van der Waals surface area (Å²) in [6.07, 6.45) is 2.93. The molecule has 0 aliphatic heterocycles. The van der Waals surface area contributed by atoms with Gasteiger partial charge in [0.1, 0.15) is 19.2 Å². The summed E-state index contributed by atoms with van der Waals surface area (Å²) >= 11 is 0. The van der Waals surface area contributed by atoms with Gasteiger partial charge in [0.25, 0.3) is 0 Å². The summed E-state index contributed by atoms with van der Waals surface area (Å²) in [4.78, 5) is 17.6. The number of likely N-dealkylation sites (N-methyl/N-ethyl adjacent to an activating group) is 1. The van der Waals surface area contributed by atoms with E-state index < -0.39 is 0 Å². The second-order valence-electron chi connectivity index (χ2n) is 4.51. The van der Waals surface area contributed by atoms with E-state index in [1.165, 1.54) is 17.3 Å². The van der Waals surface area contributed by atoms with E-state index in [0.29, 0.717) is 13.1 Å². The lowest BCUT2D eigenvalue weighted by atomic mass is 10.1. The van der Waals surface area contributed by atoms with Crippen LogP contribution in [0.25, 0.3) is 0 Å². The van der Waals surface area contributed by atoms with E-state index in [0.717, 1.165) is 11.1 Å². The molecule has 1 amide bonds. The number of carbonyl (C=O) groups is 1. The van der Waals surface area contributed by atoms with Crippen molar-refractivity contribution in [1.82, 2.24) is 19.7 Å². The fourth-order valence-electron chi connectivity index (χ4n) is 1.84. The number of amides is 1. The lowest BCUT2D eigenvalue weighted by Crippen LogP contribution is -2.30. The molecule has 2 N–H and O–H groups in total. The molecule has 0 fully saturated rings. The van der Waals surface area contributed by atoms with Crippen molar-refractivity contribution in [2.75, 3.05) is 13.6 Å². The summed E-state index contributed by atoms with van der Waals surface area (Å²) < 4.78 is 1.50. The number of aromatic nitrogens is 3. The highest BCUT2D eigenvalue weighted by atomic mass is 16.2. The van der Waals surface area contributed by atoms with E-state index >= 15 is 0 Å². The quantitative estimate of drug-likeness (QED) is 0.816. The van der Waals surface area contributed by atoms with E-state index in [4.69, 9.17) is 5.73 Å². The number of carbonyl (C=O) groups excluding carboxylic acids is 1. The van der Waals surface area contributed by atoms with Crippen LogP contribution in [-0.2, 0) is 17.9 Å². The first-order valence-corrected chi connectivity index (χ1v) is 6.54. The Morgan fingerprint density at radius 1 is 1.43 bits per heavy atom. The monoisotopic (exact) mass is 283 g/mol. The van der Waals surface area contributed by atoms with Gasteiger partial charge in [-0.3, -0.25) is 4.79 Å². The SMILES string of the molecule is CN(Cc1ccccc1C#CCN)C(=O)Cn1cncn1. The van der Waals surface area contributed by atoms with Gasteiger partial charge >= 0.3 is 0 Å². The topological polar surface area (TPSA) is 77.0 Å². The van der Waals surface area contributed by atoms with Gasteiger partial charge in [0, 0.05) is 19.2 Å². The van der Waals surface area contributed by atoms with Crippen molar-refractivity contribution in [3.05, 3.63) is 48.0 Å². The largest absolute Gasteiger partial charge is 0.340 e. The van der Waals surface area contributed by atoms with Crippen LogP contribution in [0.15, 0.2) is 36.9 Å². The molecule has 0 unspecified atom stereocenters. The number of benzene rings is 1. The van der Waals surface area contributed by atoms with Gasteiger partial charge in [0.05, 0.1) is 6.54 Å². The summed E-state index contributed by atoms with van der Waals surface area (Å²) in [7, 11) is 1.76. The molecule has 0 saturated carbocycles. The summed E-state index contributed by atoms with van der Waals surface area (Å²) in [6.45, 7) is 0.978. The zero-order valence-corrected chi connectivity index (χ0v) is 11.9. The number of nitrogens with zero attached hydrogens (tertiary/aromatic N) is 4. The van der Waals surface area contributed by atoms with Gasteiger partial charge < -0.3 is 10.6 Å². The van der Waals surface area contributed by atoms with Gasteiger partial charge in [-0.05, 0) is 11.6 Å². The number of nitrogens with two attached hydrogens (primary N) is 1. The second kappa shape index (κ2) is 7.22. The molecule has 6 nitrogen and oxygen atoms in total. The maximum absolute atomic E-state index is 12.1. The molecule has 0 atom stereocenters. The van der Waals surface area contributed by atoms with Crippen LogP contribution in [0.2, 0.25) is 0 Å². The smallest absolute Gasteiger partial charge is 0.244 e. The predicted octanol–water partition coefficient (Wildman–Crippen LogP) is 0.247. The van der Waals surface area contributed by atoms with E-state index in [1.807, 2.05) is 24.3 Å². The zero-order valence-electron chi connectivity index (χ0n) is 11.9. The van der Waals surface area contributed by atoms with Crippen LogP contribution in [0.4, 0.5) is 0 Å². The molecule has 0 aliphatic rings. The predicted molar refractivity (Wildman–Crippen MR) is 78.9 cm³/mol. The molecule has 1 aromatic carbocycles. The Hall–Kier alpha value is -2.65. The average Bonchev–Trinajstić information content (AvgIpc) is 2.99. The Balaban J connectivity index is 2.05. The molecule has 0 spiro atoms. The van der Waals surface area contributed by atoms with Crippen LogP contribution in [-0.4, -0.2) is 39.2 Å². The van der Waals surface area contributed by atoms with Crippen molar-refractivity contribution in [2.45, 2.75) is 13.1 Å². The first-order chi connectivity index (χ1) is 10.2. The minimum atomic E-state index is -0.0397. The molecule has 2 rings (SSSR count). The van der Waals surface area contributed by atoms with E-state index in [1.54, 1.807) is 11.9 Å². The van der Waals surface area contributed by atoms with Gasteiger partial charge in [0.15, 0.2) is 0 Å². The van der Waals surface area contributed by atoms with Crippen LogP contribution in [0.1, 0.15) is 11.1 Å². The van der Waals surface area contributed by atoms with Crippen LogP contribution in [0, 0.1) is 11.8 Å². The number of hydrogen-bond acceptors (Lipinski definition) is 4. The summed E-state index contributed by atoms with van der Waals surface area (Å²) in [5.74, 6) is 5.82. The molecule has 21 heavy (non-hydrogen) atoms. The molecule has 0 bridgehead atoms. The Morgan fingerprint density at radius 3 is 2.95 bits per heavy atom. The third kappa shape index (κ3) is 4.16. The lowest BCUT2D eigenvalue weighted by Gasteiger charge is -2.18. The fourth-order valence-corrected chi connectivity index (χ4v) is 1.84. The van der Waals surface area contributed by atoms with E-state index in [2.05, 4.69) is 21.9 Å². The van der Waals surface area contributed by atoms with Crippen molar-refractivity contribution in [2.24, 2.45) is 5.73 Å². The molecule has 0 saturated heterocycles. The molecule has 0 aliphatic carbocycles. The molecular weight excluding hydrogens is 266 g/mol. The van der Waals surface area contributed by atoms with Gasteiger partial charge in [-0.2, -0.15) is 5.10 Å². The molecule has 0 radical (unpaired) electrons. The van der Waals surface area contributed by atoms with Crippen molar-refractivity contribution >= 4 is 5.91 Å². The number of rotatable bonds is 4. The molecule has 1 heterocycles. The van der Waals surface area contributed by atoms with Crippen LogP contribution >= 0.6 is 0 Å². The van der Waals surface area contributed by atoms with Gasteiger partial charge in [0.2, 0.25) is 5.91 Å². The Morgan fingerprint density at radius 2 is 2.24 bits per heavy atom. The molecule has 2 aromatic rings. The highest BCUT2D eigenvalue weighted by molar-refractivity contribution is 5.75. The second-order valence-corrected chi connectivity index (χ2v) is 4.51. The minimum absolute atomic E-state index is 0.0397. The normalized spacial score (nSPS) is 9.81. The minimum Gasteiger partial charge on any atom is -0.340 e. The van der Waals surface area contributed by atoms with E-state index in [9.17, 15) is 4.79 Å². The highest BCUT2D eigenvalue weighted by Crippen LogP contribution is 2.10. The highest BCUT2D eigenvalue weighted by Gasteiger charge is 2.11. The van der Waals surface area contributed by atoms with Gasteiger partial charge in [-0.25, -0.2) is 9.67 Å². The molecule has 108 valence electrons. The van der Waals surface area contributed by atoms with Gasteiger partial charge in [-0.15, -0.1) is 0 Å². The van der Waals surface area contributed by atoms with Crippen LogP contribution in [0.3, 0.4) is 0 Å². The molecular formula is C15H17N5O. The third-order valence-corrected chi connectivity index (χ3v) is 2.94. The summed E-state index contributed by atoms with van der Waals surface area (Å²) in [5.41, 5.74) is 7.28. The van der Waals surface area contributed by atoms with E-state index in [-0.39, 0.29) is 12.5 Å². The summed E-state index contributed by atoms with van der Waals surface area (Å²) in [5, 5.41) is 3.93. The van der Waals surface area contributed by atoms with Crippen molar-refractivity contribution in [1.29, 1.82) is 0 Å². The van der Waals surface area contributed by atoms with Crippen molar-refractivity contribution in [3.8, 4) is 11.8 Å². The average molecular weight is 283 g/mol. The molecule has 6 heteroatoms. The van der Waals surface area contributed by atoms with Crippen LogP contribution < -0.4 is 5.73 Å². The fraction of sp³-hybridized carbons (Fsp3) is 0.267. The third-order valence-electron chi connectivity index (χ3n) is 2.94. The van der Waals surface area contributed by atoms with Crippen LogP contribution in [0.5, 0.6) is 0 Å². The summed E-state index contributed by atoms with van der Waals surface area (Å²) in [6, 6.07) is 7.73. The standard InChI is InChI=1S/C15H17N5O/c1-19(15(21)10-20-12-17-11-18-20)9-14-6-3-2-5-13(14)7-4-8-16/h2-3,5-6,11-12H,8-10,16H2,1H3. The van der Waals surface area contributed by atoms with Crippen molar-refractivity contribution < 1.29 is 4.79 Å². The lowest BCUT2D eigenvalue weighted by molar-refractivity contribution is -0.131. The molecule has 1 aromatic heterocycles.